The molecule has 1 unspecified atom stereocenters. The van der Waals surface area contributed by atoms with Crippen LogP contribution in [0.15, 0.2) is 46.9 Å². The van der Waals surface area contributed by atoms with Crippen molar-refractivity contribution in [2.75, 3.05) is 0 Å². The number of carboxylic acids is 1. The maximum Gasteiger partial charge on any atom is 0.307 e. The van der Waals surface area contributed by atoms with Crippen molar-refractivity contribution in [1.82, 2.24) is 0 Å². The average Bonchev–Trinajstić information content (AvgIpc) is 2.40. The summed E-state index contributed by atoms with van der Waals surface area (Å²) < 4.78 is 0.891. The molecule has 21 heavy (non-hydrogen) atoms. The zero-order valence-corrected chi connectivity index (χ0v) is 14.0. The molecule has 1 atom stereocenters. The number of halogens is 2. The van der Waals surface area contributed by atoms with Gasteiger partial charge in [0.1, 0.15) is 0 Å². The first-order valence-corrected chi connectivity index (χ1v) is 7.85. The molecule has 0 bridgehead atoms. The lowest BCUT2D eigenvalue weighted by atomic mass is 9.92. The Bertz CT molecular complexity index is 655. The molecule has 4 heteroatoms. The van der Waals surface area contributed by atoms with E-state index >= 15 is 0 Å². The summed E-state index contributed by atoms with van der Waals surface area (Å²) in [7, 11) is 0. The third-order valence-electron chi connectivity index (χ3n) is 3.40. The zero-order chi connectivity index (χ0) is 15.4. The van der Waals surface area contributed by atoms with E-state index in [1.54, 1.807) is 6.07 Å². The van der Waals surface area contributed by atoms with E-state index in [2.05, 4.69) is 15.9 Å². The number of hydrogen-bond donors (Lipinski definition) is 1. The number of benzene rings is 2. The average molecular weight is 368 g/mol. The predicted octanol–water partition coefficient (Wildman–Crippen LogP) is 4.90. The molecule has 1 N–H and O–H groups in total. The highest BCUT2D eigenvalue weighted by atomic mass is 79.9. The number of hydrogen-bond acceptors (Lipinski definition) is 1. The van der Waals surface area contributed by atoms with Crippen LogP contribution in [0.3, 0.4) is 0 Å². The minimum absolute atomic E-state index is 0.426. The van der Waals surface area contributed by atoms with Crippen LogP contribution in [0.1, 0.15) is 16.7 Å². The van der Waals surface area contributed by atoms with Crippen molar-refractivity contribution in [1.29, 1.82) is 0 Å². The monoisotopic (exact) mass is 366 g/mol. The molecule has 0 saturated heterocycles. The molecule has 0 aliphatic carbocycles. The summed E-state index contributed by atoms with van der Waals surface area (Å²) in [5.74, 6) is -1.28. The highest BCUT2D eigenvalue weighted by Gasteiger charge is 2.20. The number of aliphatic carboxylic acids is 1. The molecule has 0 aliphatic rings. The molecule has 0 aliphatic heterocycles. The van der Waals surface area contributed by atoms with Crippen LogP contribution in [0.2, 0.25) is 5.02 Å². The first-order chi connectivity index (χ1) is 9.95. The summed E-state index contributed by atoms with van der Waals surface area (Å²) in [5, 5.41) is 10.1. The molecule has 2 rings (SSSR count). The SMILES string of the molecule is Cc1cccc(CC(Cc2ccc(Br)cc2Cl)C(=O)O)c1. The van der Waals surface area contributed by atoms with Gasteiger partial charge in [-0.05, 0) is 43.0 Å². The van der Waals surface area contributed by atoms with Gasteiger partial charge in [-0.3, -0.25) is 4.79 Å². The number of carboxylic acid groups (broad SMARTS) is 1. The van der Waals surface area contributed by atoms with E-state index in [0.29, 0.717) is 17.9 Å². The smallest absolute Gasteiger partial charge is 0.307 e. The van der Waals surface area contributed by atoms with Crippen LogP contribution in [0, 0.1) is 12.8 Å². The van der Waals surface area contributed by atoms with Gasteiger partial charge in [0.25, 0.3) is 0 Å². The van der Waals surface area contributed by atoms with E-state index in [-0.39, 0.29) is 0 Å². The molecule has 0 fully saturated rings. The fourth-order valence-corrected chi connectivity index (χ4v) is 3.07. The summed E-state index contributed by atoms with van der Waals surface area (Å²) >= 11 is 9.54. The van der Waals surface area contributed by atoms with Gasteiger partial charge in [0.05, 0.1) is 5.92 Å². The molecule has 0 heterocycles. The van der Waals surface area contributed by atoms with E-state index in [1.165, 1.54) is 0 Å². The molecule has 0 aromatic heterocycles. The van der Waals surface area contributed by atoms with Crippen LogP contribution in [-0.4, -0.2) is 11.1 Å². The first-order valence-electron chi connectivity index (χ1n) is 6.68. The predicted molar refractivity (Wildman–Crippen MR) is 88.9 cm³/mol. The van der Waals surface area contributed by atoms with Crippen LogP contribution in [-0.2, 0) is 17.6 Å². The maximum absolute atomic E-state index is 11.5. The van der Waals surface area contributed by atoms with E-state index in [1.807, 2.05) is 43.3 Å². The quantitative estimate of drug-likeness (QED) is 0.816. The lowest BCUT2D eigenvalue weighted by molar-refractivity contribution is -0.141. The van der Waals surface area contributed by atoms with Gasteiger partial charge in [0.15, 0.2) is 0 Å². The fourth-order valence-electron chi connectivity index (χ4n) is 2.32. The third kappa shape index (κ3) is 4.58. The molecule has 110 valence electrons. The van der Waals surface area contributed by atoms with Crippen molar-refractivity contribution in [2.24, 2.45) is 5.92 Å². The number of aryl methyl sites for hydroxylation is 1. The van der Waals surface area contributed by atoms with Gasteiger partial charge in [-0.1, -0.05) is 63.4 Å². The molecule has 0 amide bonds. The van der Waals surface area contributed by atoms with Crippen LogP contribution in [0.4, 0.5) is 0 Å². The van der Waals surface area contributed by atoms with Gasteiger partial charge in [-0.15, -0.1) is 0 Å². The van der Waals surface area contributed by atoms with Gasteiger partial charge < -0.3 is 5.11 Å². The van der Waals surface area contributed by atoms with Gasteiger partial charge in [0.2, 0.25) is 0 Å². The van der Waals surface area contributed by atoms with E-state index in [0.717, 1.165) is 21.2 Å². The van der Waals surface area contributed by atoms with Gasteiger partial charge >= 0.3 is 5.97 Å². The lowest BCUT2D eigenvalue weighted by Crippen LogP contribution is -2.19. The third-order valence-corrected chi connectivity index (χ3v) is 4.24. The summed E-state index contributed by atoms with van der Waals surface area (Å²) in [4.78, 5) is 11.5. The Morgan fingerprint density at radius 2 is 2.00 bits per heavy atom. The summed E-state index contributed by atoms with van der Waals surface area (Å²) in [6, 6.07) is 13.5. The second-order valence-electron chi connectivity index (χ2n) is 5.17. The van der Waals surface area contributed by atoms with Crippen molar-refractivity contribution in [3.63, 3.8) is 0 Å². The zero-order valence-electron chi connectivity index (χ0n) is 11.6. The Morgan fingerprint density at radius 3 is 2.62 bits per heavy atom. The minimum atomic E-state index is -0.796. The van der Waals surface area contributed by atoms with Gasteiger partial charge in [-0.25, -0.2) is 0 Å². The first kappa shape index (κ1) is 16.1. The van der Waals surface area contributed by atoms with Crippen molar-refractivity contribution in [3.8, 4) is 0 Å². The number of carbonyl (C=O) groups is 1. The highest BCUT2D eigenvalue weighted by molar-refractivity contribution is 9.10. The summed E-state index contributed by atoms with van der Waals surface area (Å²) in [6.07, 6.45) is 0.929. The standard InChI is InChI=1S/C17H16BrClO2/c1-11-3-2-4-12(7-11)8-14(17(20)21)9-13-5-6-15(18)10-16(13)19/h2-7,10,14H,8-9H2,1H3,(H,20,21). The van der Waals surface area contributed by atoms with Crippen molar-refractivity contribution >= 4 is 33.5 Å². The van der Waals surface area contributed by atoms with Gasteiger partial charge in [-0.2, -0.15) is 0 Å². The molecular formula is C17H16BrClO2. The van der Waals surface area contributed by atoms with E-state index < -0.39 is 11.9 Å². The largest absolute Gasteiger partial charge is 0.481 e. The molecule has 0 saturated carbocycles. The molecule has 2 aromatic carbocycles. The number of rotatable bonds is 5. The van der Waals surface area contributed by atoms with Crippen LogP contribution < -0.4 is 0 Å². The Hall–Kier alpha value is -1.32. The van der Waals surface area contributed by atoms with Crippen molar-refractivity contribution in [3.05, 3.63) is 68.7 Å². The van der Waals surface area contributed by atoms with Crippen molar-refractivity contribution < 1.29 is 9.90 Å². The second-order valence-corrected chi connectivity index (χ2v) is 6.49. The Kier molecular flexibility index (Phi) is 5.43. The Balaban J connectivity index is 2.18. The van der Waals surface area contributed by atoms with Gasteiger partial charge in [0, 0.05) is 9.50 Å². The molecule has 2 nitrogen and oxygen atoms in total. The topological polar surface area (TPSA) is 37.3 Å². The normalized spacial score (nSPS) is 12.1. The summed E-state index contributed by atoms with van der Waals surface area (Å²) in [5.41, 5.74) is 3.04. The molecule has 0 spiro atoms. The molecule has 2 aromatic rings. The maximum atomic E-state index is 11.5. The minimum Gasteiger partial charge on any atom is -0.481 e. The summed E-state index contributed by atoms with van der Waals surface area (Å²) in [6.45, 7) is 2.00. The highest BCUT2D eigenvalue weighted by Crippen LogP contribution is 2.25. The van der Waals surface area contributed by atoms with Crippen LogP contribution in [0.25, 0.3) is 0 Å². The van der Waals surface area contributed by atoms with E-state index in [4.69, 9.17) is 11.6 Å². The fraction of sp³-hybridized carbons (Fsp3) is 0.235. The second kappa shape index (κ2) is 7.10. The van der Waals surface area contributed by atoms with E-state index in [9.17, 15) is 9.90 Å². The Labute approximate surface area is 137 Å². The molecule has 0 radical (unpaired) electrons. The van der Waals surface area contributed by atoms with Crippen LogP contribution in [0.5, 0.6) is 0 Å². The Morgan fingerprint density at radius 1 is 1.24 bits per heavy atom. The van der Waals surface area contributed by atoms with Crippen molar-refractivity contribution in [2.45, 2.75) is 19.8 Å². The lowest BCUT2D eigenvalue weighted by Gasteiger charge is -2.14. The molecular weight excluding hydrogens is 352 g/mol. The van der Waals surface area contributed by atoms with Crippen LogP contribution >= 0.6 is 27.5 Å².